The Balaban J connectivity index is 1.73. The molecule has 5 aromatic rings. The van der Waals surface area contributed by atoms with Crippen LogP contribution in [0.2, 0.25) is 0 Å². The Bertz CT molecular complexity index is 1600. The Morgan fingerprint density at radius 2 is 1.78 bits per heavy atom. The standard InChI is InChI=1S/C25H16BrN5O/c26-13-7-5-12(6-8-13)19-15-9-10-18-20(14-3-1-2-4-17(14)30-18)23(15)32-25-21(19)22(28)16(11-27)24(29)31-25/h1-10,19,30H,(H4,28,29,31). The van der Waals surface area contributed by atoms with Crippen LogP contribution in [-0.4, -0.2) is 9.97 Å². The average Bonchev–Trinajstić information content (AvgIpc) is 3.18. The number of aromatic amines is 1. The fourth-order valence-corrected chi connectivity index (χ4v) is 4.87. The summed E-state index contributed by atoms with van der Waals surface area (Å²) in [6.45, 7) is 0. The van der Waals surface area contributed by atoms with Gasteiger partial charge in [-0.15, -0.1) is 0 Å². The first-order valence-corrected chi connectivity index (χ1v) is 10.8. The van der Waals surface area contributed by atoms with Gasteiger partial charge in [-0.3, -0.25) is 0 Å². The summed E-state index contributed by atoms with van der Waals surface area (Å²) in [5.74, 6) is 0.849. The van der Waals surface area contributed by atoms with Crippen molar-refractivity contribution in [2.45, 2.75) is 5.92 Å². The molecule has 1 unspecified atom stereocenters. The highest BCUT2D eigenvalue weighted by Gasteiger charge is 2.35. The van der Waals surface area contributed by atoms with Gasteiger partial charge in [0.25, 0.3) is 0 Å². The number of nitrogens with two attached hydrogens (primary N) is 2. The molecule has 3 heterocycles. The maximum absolute atomic E-state index is 9.62. The number of nitrogens with one attached hydrogen (secondary N) is 1. The lowest BCUT2D eigenvalue weighted by molar-refractivity contribution is 0.441. The number of pyridine rings is 1. The number of benzene rings is 3. The first kappa shape index (κ1) is 18.7. The lowest BCUT2D eigenvalue weighted by atomic mass is 9.81. The normalized spacial score (nSPS) is 14.6. The van der Waals surface area contributed by atoms with E-state index in [-0.39, 0.29) is 17.3 Å². The Morgan fingerprint density at radius 1 is 1.00 bits per heavy atom. The molecule has 1 aliphatic heterocycles. The molecule has 5 N–H and O–H groups in total. The highest BCUT2D eigenvalue weighted by molar-refractivity contribution is 9.10. The van der Waals surface area contributed by atoms with Crippen LogP contribution in [0, 0.1) is 11.3 Å². The zero-order valence-corrected chi connectivity index (χ0v) is 18.3. The third-order valence-corrected chi connectivity index (χ3v) is 6.56. The van der Waals surface area contributed by atoms with Crippen molar-refractivity contribution in [3.05, 3.63) is 87.4 Å². The summed E-state index contributed by atoms with van der Waals surface area (Å²) < 4.78 is 7.36. The molecule has 2 aromatic heterocycles. The molecule has 3 aromatic carbocycles. The fourth-order valence-electron chi connectivity index (χ4n) is 4.60. The number of rotatable bonds is 1. The second kappa shape index (κ2) is 6.74. The van der Waals surface area contributed by atoms with Gasteiger partial charge in [-0.25, -0.2) is 0 Å². The molecule has 0 bridgehead atoms. The summed E-state index contributed by atoms with van der Waals surface area (Å²) in [6, 6.07) is 22.3. The number of nitriles is 1. The quantitative estimate of drug-likeness (QED) is 0.274. The Hall–Kier alpha value is -4.02. The molecular formula is C25H16BrN5O. The number of fused-ring (bicyclic) bond motifs is 6. The number of hydrogen-bond donors (Lipinski definition) is 3. The van der Waals surface area contributed by atoms with Crippen molar-refractivity contribution >= 4 is 49.2 Å². The van der Waals surface area contributed by atoms with E-state index in [0.717, 1.165) is 43.2 Å². The van der Waals surface area contributed by atoms with Gasteiger partial charge in [-0.05, 0) is 29.8 Å². The molecule has 0 saturated carbocycles. The summed E-state index contributed by atoms with van der Waals surface area (Å²) in [5.41, 5.74) is 17.6. The number of nitrogens with zero attached hydrogens (tertiary/aromatic N) is 2. The number of ether oxygens (including phenoxy) is 1. The molecule has 0 saturated heterocycles. The van der Waals surface area contributed by atoms with Crippen molar-refractivity contribution in [1.82, 2.24) is 9.97 Å². The van der Waals surface area contributed by atoms with Crippen LogP contribution in [0.25, 0.3) is 21.8 Å². The van der Waals surface area contributed by atoms with E-state index in [4.69, 9.17) is 16.2 Å². The van der Waals surface area contributed by atoms with E-state index in [9.17, 15) is 5.26 Å². The van der Waals surface area contributed by atoms with Gasteiger partial charge in [0, 0.05) is 26.9 Å². The van der Waals surface area contributed by atoms with Crippen LogP contribution >= 0.6 is 15.9 Å². The zero-order valence-electron chi connectivity index (χ0n) is 16.7. The SMILES string of the molecule is N#Cc1c(N)nc2c(c1N)C(c1ccc(Br)cc1)c1ccc3[nH]c4ccccc4c3c1O2. The van der Waals surface area contributed by atoms with Crippen molar-refractivity contribution in [3.8, 4) is 17.7 Å². The van der Waals surface area contributed by atoms with Gasteiger partial charge in [0.15, 0.2) is 0 Å². The topological polar surface area (TPSA) is 114 Å². The van der Waals surface area contributed by atoms with E-state index < -0.39 is 0 Å². The van der Waals surface area contributed by atoms with Crippen LogP contribution in [0.4, 0.5) is 11.5 Å². The van der Waals surface area contributed by atoms with Gasteiger partial charge in [-0.1, -0.05) is 52.3 Å². The Kier molecular flexibility index (Phi) is 3.94. The maximum atomic E-state index is 9.62. The van der Waals surface area contributed by atoms with Crippen molar-refractivity contribution in [2.24, 2.45) is 0 Å². The van der Waals surface area contributed by atoms with Crippen LogP contribution in [-0.2, 0) is 0 Å². The van der Waals surface area contributed by atoms with Crippen LogP contribution in [0.15, 0.2) is 65.1 Å². The Labute approximate surface area is 191 Å². The van der Waals surface area contributed by atoms with E-state index in [1.165, 1.54) is 0 Å². The first-order chi connectivity index (χ1) is 15.6. The first-order valence-electron chi connectivity index (χ1n) is 10.0. The summed E-state index contributed by atoms with van der Waals surface area (Å²) in [4.78, 5) is 7.90. The van der Waals surface area contributed by atoms with Gasteiger partial charge in [0.1, 0.15) is 23.2 Å². The molecule has 6 rings (SSSR count). The van der Waals surface area contributed by atoms with Gasteiger partial charge in [0.2, 0.25) is 5.88 Å². The number of H-pyrrole nitrogens is 1. The van der Waals surface area contributed by atoms with Crippen molar-refractivity contribution in [1.29, 1.82) is 5.26 Å². The molecule has 154 valence electrons. The molecule has 0 amide bonds. The Morgan fingerprint density at radius 3 is 2.56 bits per heavy atom. The van der Waals surface area contributed by atoms with Gasteiger partial charge in [0.05, 0.1) is 22.2 Å². The molecule has 32 heavy (non-hydrogen) atoms. The predicted molar refractivity (Wildman–Crippen MR) is 129 cm³/mol. The van der Waals surface area contributed by atoms with Crippen LogP contribution < -0.4 is 16.2 Å². The highest BCUT2D eigenvalue weighted by atomic mass is 79.9. The number of nitrogen functional groups attached to an aromatic ring is 2. The summed E-state index contributed by atoms with van der Waals surface area (Å²) >= 11 is 3.51. The number of hydrogen-bond acceptors (Lipinski definition) is 5. The van der Waals surface area contributed by atoms with E-state index in [1.54, 1.807) is 0 Å². The largest absolute Gasteiger partial charge is 0.437 e. The van der Waals surface area contributed by atoms with Crippen molar-refractivity contribution < 1.29 is 4.74 Å². The molecular weight excluding hydrogens is 466 g/mol. The minimum atomic E-state index is -0.264. The predicted octanol–water partition coefficient (Wildman–Crippen LogP) is 5.80. The monoisotopic (exact) mass is 481 g/mol. The molecule has 0 fully saturated rings. The van der Waals surface area contributed by atoms with Gasteiger partial charge < -0.3 is 21.2 Å². The summed E-state index contributed by atoms with van der Waals surface area (Å²) in [7, 11) is 0. The molecule has 7 heteroatoms. The molecule has 6 nitrogen and oxygen atoms in total. The minimum absolute atomic E-state index is 0.0628. The maximum Gasteiger partial charge on any atom is 0.227 e. The third-order valence-electron chi connectivity index (χ3n) is 6.04. The number of aromatic nitrogens is 2. The summed E-state index contributed by atoms with van der Waals surface area (Å²) in [5, 5.41) is 11.7. The van der Waals surface area contributed by atoms with Crippen molar-refractivity contribution in [3.63, 3.8) is 0 Å². The lowest BCUT2D eigenvalue weighted by Gasteiger charge is -2.30. The van der Waals surface area contributed by atoms with E-state index >= 15 is 0 Å². The number of anilines is 2. The van der Waals surface area contributed by atoms with E-state index in [0.29, 0.717) is 17.1 Å². The average molecular weight is 482 g/mol. The van der Waals surface area contributed by atoms with Crippen molar-refractivity contribution in [2.75, 3.05) is 11.5 Å². The lowest BCUT2D eigenvalue weighted by Crippen LogP contribution is -2.17. The fraction of sp³-hybridized carbons (Fsp3) is 0.0400. The van der Waals surface area contributed by atoms with E-state index in [2.05, 4.69) is 44.1 Å². The molecule has 0 radical (unpaired) electrons. The number of halogens is 1. The van der Waals surface area contributed by atoms with Crippen LogP contribution in [0.1, 0.15) is 28.2 Å². The second-order valence-corrected chi connectivity index (χ2v) is 8.70. The van der Waals surface area contributed by atoms with Crippen LogP contribution in [0.3, 0.4) is 0 Å². The second-order valence-electron chi connectivity index (χ2n) is 7.78. The third kappa shape index (κ3) is 2.53. The van der Waals surface area contributed by atoms with Gasteiger partial charge >= 0.3 is 0 Å². The van der Waals surface area contributed by atoms with E-state index in [1.807, 2.05) is 48.5 Å². The van der Waals surface area contributed by atoms with Gasteiger partial charge in [-0.2, -0.15) is 10.2 Å². The summed E-state index contributed by atoms with van der Waals surface area (Å²) in [6.07, 6.45) is 0. The molecule has 1 aliphatic rings. The number of para-hydroxylation sites is 1. The molecule has 0 aliphatic carbocycles. The molecule has 0 spiro atoms. The highest BCUT2D eigenvalue weighted by Crippen LogP contribution is 2.53. The smallest absolute Gasteiger partial charge is 0.227 e. The minimum Gasteiger partial charge on any atom is -0.437 e. The zero-order chi connectivity index (χ0) is 22.0. The van der Waals surface area contributed by atoms with Crippen LogP contribution in [0.5, 0.6) is 11.6 Å². The molecule has 1 atom stereocenters.